The van der Waals surface area contributed by atoms with Crippen molar-refractivity contribution in [3.8, 4) is 5.75 Å². The lowest BCUT2D eigenvalue weighted by atomic mass is 10.2. The zero-order valence-electron chi connectivity index (χ0n) is 17.2. The fraction of sp³-hybridized carbons (Fsp3) is 0.0952. The molecule has 0 aliphatic rings. The molecule has 34 heavy (non-hydrogen) atoms. The third-order valence-corrected chi connectivity index (χ3v) is 5.08. The van der Waals surface area contributed by atoms with Gasteiger partial charge in [-0.05, 0) is 29.8 Å². The molecule has 0 spiro atoms. The monoisotopic (exact) mass is 504 g/mol. The Morgan fingerprint density at radius 3 is 2.62 bits per heavy atom. The lowest BCUT2D eigenvalue weighted by Crippen LogP contribution is -2.15. The summed E-state index contributed by atoms with van der Waals surface area (Å²) in [4.78, 5) is 22.9. The van der Waals surface area contributed by atoms with Crippen LogP contribution in [0.1, 0.15) is 16.1 Å². The summed E-state index contributed by atoms with van der Waals surface area (Å²) in [6.45, 7) is 0.138. The second-order valence-electron chi connectivity index (χ2n) is 6.99. The molecule has 174 valence electrons. The van der Waals surface area contributed by atoms with Crippen LogP contribution in [0.2, 0.25) is 10.0 Å². The van der Waals surface area contributed by atoms with Crippen LogP contribution in [0.25, 0.3) is 0 Å². The zero-order valence-corrected chi connectivity index (χ0v) is 18.7. The quantitative estimate of drug-likeness (QED) is 0.272. The minimum Gasteiger partial charge on any atom is -0.464 e. The number of halogens is 3. The number of carbonyl (C=O) groups excluding carboxylic acids is 1. The number of anilines is 1. The summed E-state index contributed by atoms with van der Waals surface area (Å²) in [5.41, 5.74) is 0.578. The van der Waals surface area contributed by atoms with Gasteiger partial charge in [-0.2, -0.15) is 10.2 Å². The van der Waals surface area contributed by atoms with E-state index in [4.69, 9.17) is 27.9 Å². The molecule has 1 amide bonds. The number of nitrogens with one attached hydrogen (secondary N) is 1. The Morgan fingerprint density at radius 2 is 1.88 bits per heavy atom. The number of nitro benzene ring substituents is 1. The van der Waals surface area contributed by atoms with Crippen LogP contribution in [0.3, 0.4) is 0 Å². The standard InChI is InChI=1S/C21H15Cl2FN6O4/c22-14-3-1-13(2-4-14)10-29-11-16(23)20(27-29)25-21(31)17-7-8-28(26-17)12-34-19-9-15(24)5-6-18(19)30(32)33/h1-9,11H,10,12H2,(H,25,27,31). The van der Waals surface area contributed by atoms with E-state index >= 15 is 0 Å². The van der Waals surface area contributed by atoms with Crippen LogP contribution in [0.15, 0.2) is 60.9 Å². The van der Waals surface area contributed by atoms with E-state index in [1.807, 2.05) is 12.1 Å². The summed E-state index contributed by atoms with van der Waals surface area (Å²) >= 11 is 12.1. The topological polar surface area (TPSA) is 117 Å². The van der Waals surface area contributed by atoms with Gasteiger partial charge in [0.15, 0.2) is 18.2 Å². The second kappa shape index (κ2) is 9.89. The molecule has 0 atom stereocenters. The molecule has 2 heterocycles. The van der Waals surface area contributed by atoms with Gasteiger partial charge in [0.1, 0.15) is 10.8 Å². The minimum atomic E-state index is -0.688. The normalized spacial score (nSPS) is 10.8. The summed E-state index contributed by atoms with van der Waals surface area (Å²) in [6.07, 6.45) is 3.00. The summed E-state index contributed by atoms with van der Waals surface area (Å²) in [5.74, 6) is -1.37. The average Bonchev–Trinajstić information content (AvgIpc) is 3.40. The Bertz CT molecular complexity index is 1360. The van der Waals surface area contributed by atoms with Crippen LogP contribution in [-0.2, 0) is 13.3 Å². The van der Waals surface area contributed by atoms with Crippen LogP contribution in [0.5, 0.6) is 5.75 Å². The van der Waals surface area contributed by atoms with Gasteiger partial charge in [0.25, 0.3) is 5.91 Å². The molecule has 0 aliphatic heterocycles. The highest BCUT2D eigenvalue weighted by Gasteiger charge is 2.18. The Hall–Kier alpha value is -3.96. The van der Waals surface area contributed by atoms with E-state index in [1.54, 1.807) is 23.0 Å². The second-order valence-corrected chi connectivity index (χ2v) is 7.83. The molecule has 0 bridgehead atoms. The molecule has 4 aromatic rings. The predicted octanol–water partition coefficient (Wildman–Crippen LogP) is 4.77. The first-order valence-corrected chi connectivity index (χ1v) is 10.4. The molecule has 2 aromatic carbocycles. The van der Waals surface area contributed by atoms with Gasteiger partial charge >= 0.3 is 5.69 Å². The number of aromatic nitrogens is 4. The van der Waals surface area contributed by atoms with Gasteiger partial charge in [0, 0.05) is 29.5 Å². The van der Waals surface area contributed by atoms with Crippen LogP contribution in [0.4, 0.5) is 15.9 Å². The van der Waals surface area contributed by atoms with Crippen LogP contribution < -0.4 is 10.1 Å². The zero-order chi connectivity index (χ0) is 24.2. The maximum Gasteiger partial charge on any atom is 0.311 e. The molecule has 0 radical (unpaired) electrons. The lowest BCUT2D eigenvalue weighted by molar-refractivity contribution is -0.386. The molecule has 0 aliphatic carbocycles. The van der Waals surface area contributed by atoms with Crippen molar-refractivity contribution in [1.29, 1.82) is 0 Å². The summed E-state index contributed by atoms with van der Waals surface area (Å²) in [5, 5.41) is 22.8. The number of nitro groups is 1. The largest absolute Gasteiger partial charge is 0.464 e. The maximum absolute atomic E-state index is 13.4. The minimum absolute atomic E-state index is 0.0284. The van der Waals surface area contributed by atoms with Crippen molar-refractivity contribution in [3.63, 3.8) is 0 Å². The maximum atomic E-state index is 13.4. The average molecular weight is 505 g/mol. The number of benzene rings is 2. The molecule has 10 nitrogen and oxygen atoms in total. The summed E-state index contributed by atoms with van der Waals surface area (Å²) < 4.78 is 21.5. The molecule has 2 aromatic heterocycles. The van der Waals surface area contributed by atoms with E-state index in [-0.39, 0.29) is 29.0 Å². The van der Waals surface area contributed by atoms with Crippen molar-refractivity contribution in [2.24, 2.45) is 0 Å². The smallest absolute Gasteiger partial charge is 0.311 e. The summed E-state index contributed by atoms with van der Waals surface area (Å²) in [7, 11) is 0. The number of ether oxygens (including phenoxy) is 1. The molecular formula is C21H15Cl2FN6O4. The number of hydrogen-bond donors (Lipinski definition) is 1. The third-order valence-electron chi connectivity index (χ3n) is 4.55. The first-order valence-electron chi connectivity index (χ1n) is 9.67. The molecule has 0 saturated carbocycles. The Labute approximate surface area is 201 Å². The number of nitrogens with zero attached hydrogens (tertiary/aromatic N) is 5. The molecule has 1 N–H and O–H groups in total. The number of rotatable bonds is 8. The first-order chi connectivity index (χ1) is 16.3. The van der Waals surface area contributed by atoms with Crippen LogP contribution >= 0.6 is 23.2 Å². The van der Waals surface area contributed by atoms with Gasteiger partial charge in [-0.15, -0.1) is 0 Å². The van der Waals surface area contributed by atoms with E-state index in [9.17, 15) is 19.3 Å². The van der Waals surface area contributed by atoms with Gasteiger partial charge in [-0.1, -0.05) is 35.3 Å². The van der Waals surface area contributed by atoms with Crippen molar-refractivity contribution in [2.75, 3.05) is 5.32 Å². The van der Waals surface area contributed by atoms with Gasteiger partial charge in [0.2, 0.25) is 5.75 Å². The van der Waals surface area contributed by atoms with Crippen LogP contribution in [0, 0.1) is 15.9 Å². The van der Waals surface area contributed by atoms with Crippen molar-refractivity contribution >= 4 is 40.6 Å². The first kappa shape index (κ1) is 23.2. The Kier molecular flexibility index (Phi) is 6.75. The van der Waals surface area contributed by atoms with E-state index in [0.29, 0.717) is 11.6 Å². The van der Waals surface area contributed by atoms with Gasteiger partial charge in [-0.3, -0.25) is 19.6 Å². The highest BCUT2D eigenvalue weighted by molar-refractivity contribution is 6.33. The van der Waals surface area contributed by atoms with Gasteiger partial charge < -0.3 is 10.1 Å². The number of carbonyl (C=O) groups is 1. The summed E-state index contributed by atoms with van der Waals surface area (Å²) in [6, 6.07) is 11.5. The molecule has 13 heteroatoms. The van der Waals surface area contributed by atoms with E-state index in [1.165, 1.54) is 16.9 Å². The van der Waals surface area contributed by atoms with Crippen molar-refractivity contribution in [3.05, 3.63) is 98.2 Å². The Balaban J connectivity index is 1.39. The van der Waals surface area contributed by atoms with Gasteiger partial charge in [-0.25, -0.2) is 9.07 Å². The molecule has 0 unspecified atom stereocenters. The molecule has 4 rings (SSSR count). The number of hydrogen-bond acceptors (Lipinski definition) is 6. The SMILES string of the molecule is O=C(Nc1nn(Cc2ccc(Cl)cc2)cc1Cl)c1ccn(COc2cc(F)ccc2[N+](=O)[O-])n1. The van der Waals surface area contributed by atoms with Crippen molar-refractivity contribution < 1.29 is 18.8 Å². The van der Waals surface area contributed by atoms with E-state index < -0.39 is 22.3 Å². The Morgan fingerprint density at radius 1 is 1.12 bits per heavy atom. The third kappa shape index (κ3) is 5.50. The lowest BCUT2D eigenvalue weighted by Gasteiger charge is -2.07. The van der Waals surface area contributed by atoms with Crippen molar-refractivity contribution in [2.45, 2.75) is 13.3 Å². The molecule has 0 fully saturated rings. The molecular weight excluding hydrogens is 490 g/mol. The molecule has 0 saturated heterocycles. The fourth-order valence-corrected chi connectivity index (χ4v) is 3.28. The van der Waals surface area contributed by atoms with Crippen molar-refractivity contribution in [1.82, 2.24) is 19.6 Å². The van der Waals surface area contributed by atoms with Crippen LogP contribution in [-0.4, -0.2) is 30.4 Å². The van der Waals surface area contributed by atoms with E-state index in [0.717, 1.165) is 23.8 Å². The highest BCUT2D eigenvalue weighted by Crippen LogP contribution is 2.27. The highest BCUT2D eigenvalue weighted by atomic mass is 35.5. The fourth-order valence-electron chi connectivity index (χ4n) is 2.96. The number of amides is 1. The van der Waals surface area contributed by atoms with E-state index in [2.05, 4.69) is 15.5 Å². The predicted molar refractivity (Wildman–Crippen MR) is 122 cm³/mol. The van der Waals surface area contributed by atoms with Gasteiger partial charge in [0.05, 0.1) is 11.5 Å².